The summed E-state index contributed by atoms with van der Waals surface area (Å²) in [6, 6.07) is -1.44. The van der Waals surface area contributed by atoms with E-state index in [0.717, 1.165) is 32.4 Å². The maximum absolute atomic E-state index is 10.9. The number of aliphatic hydroxyl groups is 2. The van der Waals surface area contributed by atoms with Gasteiger partial charge in [0.15, 0.2) is 6.29 Å². The van der Waals surface area contributed by atoms with Gasteiger partial charge in [-0.3, -0.25) is 0 Å². The average Bonchev–Trinajstić information content (AvgIpc) is 2.70. The standard InChI is InChI=1S/C19H42N6O5/c20-4-1-2-5-25-6-3-7-28-17-11(22)8-12(23)18(16(17)27)30-19-13(24)9-14(26)15(10-21)29-19/h11-19,25-27H,1-10,20-24H2/t11-,12+,13-,14+,15-,16-,17+,18-,19-/m1/s1. The van der Waals surface area contributed by atoms with Crippen molar-refractivity contribution in [1.29, 1.82) is 0 Å². The largest absolute Gasteiger partial charge is 0.390 e. The highest BCUT2D eigenvalue weighted by atomic mass is 16.7. The minimum atomic E-state index is -1.01. The van der Waals surface area contributed by atoms with Crippen LogP contribution in [0.25, 0.3) is 0 Å². The van der Waals surface area contributed by atoms with Crippen molar-refractivity contribution < 1.29 is 24.4 Å². The summed E-state index contributed by atoms with van der Waals surface area (Å²) in [6.07, 6.45) is -0.903. The third-order valence-electron chi connectivity index (χ3n) is 5.80. The van der Waals surface area contributed by atoms with Crippen molar-refractivity contribution in [3.05, 3.63) is 0 Å². The van der Waals surface area contributed by atoms with Crippen molar-refractivity contribution in [3.63, 3.8) is 0 Å². The summed E-state index contributed by atoms with van der Waals surface area (Å²) in [4.78, 5) is 0. The molecule has 30 heavy (non-hydrogen) atoms. The molecule has 11 nitrogen and oxygen atoms in total. The molecule has 2 fully saturated rings. The molecule has 13 N–H and O–H groups in total. The minimum absolute atomic E-state index is 0.143. The molecule has 1 heterocycles. The third-order valence-corrected chi connectivity index (χ3v) is 5.80. The molecule has 11 heteroatoms. The monoisotopic (exact) mass is 434 g/mol. The van der Waals surface area contributed by atoms with Crippen LogP contribution in [0.2, 0.25) is 0 Å². The predicted molar refractivity (Wildman–Crippen MR) is 113 cm³/mol. The Bertz CT molecular complexity index is 479. The second-order valence-corrected chi connectivity index (χ2v) is 8.33. The Kier molecular flexibility index (Phi) is 11.3. The molecule has 1 saturated carbocycles. The molecule has 0 aromatic heterocycles. The fraction of sp³-hybridized carbons (Fsp3) is 1.00. The van der Waals surface area contributed by atoms with Gasteiger partial charge < -0.3 is 58.4 Å². The lowest BCUT2D eigenvalue weighted by molar-refractivity contribution is -0.270. The SMILES string of the molecule is NCCCCNCCCO[C@@H]1[C@@H](O)[C@H](O[C@H]2O[C@H](CN)[C@@H](O)C[C@H]2N)[C@@H](N)C[C@H]1N. The van der Waals surface area contributed by atoms with Crippen LogP contribution >= 0.6 is 0 Å². The number of rotatable bonds is 12. The quantitative estimate of drug-likeness (QED) is 0.142. The first-order valence-corrected chi connectivity index (χ1v) is 11.0. The smallest absolute Gasteiger partial charge is 0.173 e. The van der Waals surface area contributed by atoms with Crippen LogP contribution in [0.4, 0.5) is 0 Å². The maximum Gasteiger partial charge on any atom is 0.173 e. The van der Waals surface area contributed by atoms with Crippen LogP contribution in [-0.2, 0) is 14.2 Å². The molecule has 2 aliphatic rings. The van der Waals surface area contributed by atoms with Crippen LogP contribution in [0, 0.1) is 0 Å². The number of hydrogen-bond donors (Lipinski definition) is 8. The van der Waals surface area contributed by atoms with Gasteiger partial charge in [-0.25, -0.2) is 0 Å². The van der Waals surface area contributed by atoms with E-state index >= 15 is 0 Å². The van der Waals surface area contributed by atoms with Gasteiger partial charge in [0.05, 0.1) is 18.2 Å². The van der Waals surface area contributed by atoms with Crippen molar-refractivity contribution in [1.82, 2.24) is 5.32 Å². The molecular formula is C19H42N6O5. The highest BCUT2D eigenvalue weighted by Gasteiger charge is 2.46. The Morgan fingerprint density at radius 1 is 0.900 bits per heavy atom. The number of unbranched alkanes of at least 4 members (excludes halogenated alkanes) is 1. The molecule has 0 aromatic carbocycles. The molecule has 9 atom stereocenters. The van der Waals surface area contributed by atoms with Crippen molar-refractivity contribution in [2.75, 3.05) is 32.8 Å². The maximum atomic E-state index is 10.9. The van der Waals surface area contributed by atoms with E-state index in [4.69, 9.17) is 42.9 Å². The molecule has 0 unspecified atom stereocenters. The van der Waals surface area contributed by atoms with Crippen molar-refractivity contribution in [2.24, 2.45) is 28.7 Å². The van der Waals surface area contributed by atoms with Crippen molar-refractivity contribution in [2.45, 2.75) is 87.0 Å². The summed E-state index contributed by atoms with van der Waals surface area (Å²) in [7, 11) is 0. The zero-order valence-electron chi connectivity index (χ0n) is 17.8. The average molecular weight is 435 g/mol. The highest BCUT2D eigenvalue weighted by molar-refractivity contribution is 4.99. The molecular weight excluding hydrogens is 392 g/mol. The molecule has 0 radical (unpaired) electrons. The van der Waals surface area contributed by atoms with Crippen LogP contribution in [-0.4, -0.2) is 97.9 Å². The van der Waals surface area contributed by atoms with Gasteiger partial charge in [-0.1, -0.05) is 0 Å². The van der Waals surface area contributed by atoms with Crippen LogP contribution < -0.4 is 34.0 Å². The van der Waals surface area contributed by atoms with Crippen molar-refractivity contribution in [3.8, 4) is 0 Å². The lowest BCUT2D eigenvalue weighted by Gasteiger charge is -2.45. The summed E-state index contributed by atoms with van der Waals surface area (Å²) in [5.74, 6) is 0. The van der Waals surface area contributed by atoms with Gasteiger partial charge in [-0.15, -0.1) is 0 Å². The van der Waals surface area contributed by atoms with E-state index in [1.807, 2.05) is 0 Å². The van der Waals surface area contributed by atoms with Crippen LogP contribution in [0.5, 0.6) is 0 Å². The topological polar surface area (TPSA) is 210 Å². The second kappa shape index (κ2) is 13.2. The van der Waals surface area contributed by atoms with Crippen LogP contribution in [0.15, 0.2) is 0 Å². The Labute approximate surface area is 178 Å². The molecule has 1 saturated heterocycles. The van der Waals surface area contributed by atoms with Gasteiger partial charge in [0.25, 0.3) is 0 Å². The number of nitrogens with two attached hydrogens (primary N) is 5. The number of aliphatic hydroxyl groups excluding tert-OH is 2. The van der Waals surface area contributed by atoms with Gasteiger partial charge in [0, 0.05) is 25.2 Å². The molecule has 0 bridgehead atoms. The zero-order chi connectivity index (χ0) is 22.1. The minimum Gasteiger partial charge on any atom is -0.390 e. The van der Waals surface area contributed by atoms with E-state index < -0.39 is 54.9 Å². The van der Waals surface area contributed by atoms with E-state index in [1.54, 1.807) is 0 Å². The fourth-order valence-corrected chi connectivity index (χ4v) is 4.02. The molecule has 178 valence electrons. The first-order chi connectivity index (χ1) is 14.4. The van der Waals surface area contributed by atoms with Gasteiger partial charge in [0.2, 0.25) is 0 Å². The third kappa shape index (κ3) is 7.31. The Morgan fingerprint density at radius 3 is 2.30 bits per heavy atom. The van der Waals surface area contributed by atoms with E-state index in [2.05, 4.69) is 5.32 Å². The van der Waals surface area contributed by atoms with Crippen LogP contribution in [0.1, 0.15) is 32.1 Å². The van der Waals surface area contributed by atoms with Gasteiger partial charge >= 0.3 is 0 Å². The van der Waals surface area contributed by atoms with Crippen LogP contribution in [0.3, 0.4) is 0 Å². The summed E-state index contributed by atoms with van der Waals surface area (Å²) >= 11 is 0. The Balaban J connectivity index is 1.82. The van der Waals surface area contributed by atoms with Gasteiger partial charge in [0.1, 0.15) is 18.3 Å². The lowest BCUT2D eigenvalue weighted by atomic mass is 9.84. The van der Waals surface area contributed by atoms with E-state index in [-0.39, 0.29) is 6.54 Å². The lowest BCUT2D eigenvalue weighted by Crippen LogP contribution is -2.65. The normalized spacial score (nSPS) is 39.9. The van der Waals surface area contributed by atoms with Crippen molar-refractivity contribution >= 4 is 0 Å². The number of hydrogen-bond acceptors (Lipinski definition) is 11. The molecule has 0 aromatic rings. The van der Waals surface area contributed by atoms with E-state index in [1.165, 1.54) is 0 Å². The summed E-state index contributed by atoms with van der Waals surface area (Å²) < 4.78 is 17.5. The molecule has 2 rings (SSSR count). The molecule has 1 aliphatic heterocycles. The summed E-state index contributed by atoms with van der Waals surface area (Å²) in [5, 5.41) is 24.2. The van der Waals surface area contributed by atoms with E-state index in [9.17, 15) is 10.2 Å². The molecule has 0 amide bonds. The summed E-state index contributed by atoms with van der Waals surface area (Å²) in [5.41, 5.74) is 29.6. The fourth-order valence-electron chi connectivity index (χ4n) is 4.02. The summed E-state index contributed by atoms with van der Waals surface area (Å²) in [6.45, 7) is 3.05. The first-order valence-electron chi connectivity index (χ1n) is 11.0. The van der Waals surface area contributed by atoms with Gasteiger partial charge in [-0.2, -0.15) is 0 Å². The van der Waals surface area contributed by atoms with E-state index in [0.29, 0.717) is 26.0 Å². The Morgan fingerprint density at radius 2 is 1.60 bits per heavy atom. The number of nitrogens with one attached hydrogen (secondary N) is 1. The molecule has 0 spiro atoms. The van der Waals surface area contributed by atoms with Gasteiger partial charge in [-0.05, 0) is 51.7 Å². The second-order valence-electron chi connectivity index (χ2n) is 8.33. The predicted octanol–water partition coefficient (Wildman–Crippen LogP) is -3.34. The highest BCUT2D eigenvalue weighted by Crippen LogP contribution is 2.28. The Hall–Kier alpha value is -0.440. The first kappa shape index (κ1) is 25.8. The zero-order valence-corrected chi connectivity index (χ0v) is 17.8. The number of ether oxygens (including phenoxy) is 3. The molecule has 1 aliphatic carbocycles.